The summed E-state index contributed by atoms with van der Waals surface area (Å²) in [5.41, 5.74) is 2.22. The van der Waals surface area contributed by atoms with Gasteiger partial charge in [0.2, 0.25) is 0 Å². The van der Waals surface area contributed by atoms with E-state index in [2.05, 4.69) is 32.9 Å². The van der Waals surface area contributed by atoms with E-state index in [1.165, 1.54) is 5.57 Å². The normalized spacial score (nSPS) is 19.5. The van der Waals surface area contributed by atoms with E-state index < -0.39 is 0 Å². The Morgan fingerprint density at radius 1 is 1.50 bits per heavy atom. The molecule has 0 aromatic carbocycles. The van der Waals surface area contributed by atoms with Gasteiger partial charge in [-0.1, -0.05) is 45.4 Å². The van der Waals surface area contributed by atoms with Gasteiger partial charge in [-0.25, -0.2) is 0 Å². The van der Waals surface area contributed by atoms with Crippen LogP contribution in [-0.4, -0.2) is 5.78 Å². The first-order valence-corrected chi connectivity index (χ1v) is 6.10. The fourth-order valence-corrected chi connectivity index (χ4v) is 2.32. The maximum atomic E-state index is 12.1. The van der Waals surface area contributed by atoms with Crippen LogP contribution in [0.2, 0.25) is 0 Å². The average molecular weight is 218 g/mol. The van der Waals surface area contributed by atoms with E-state index in [-0.39, 0.29) is 11.2 Å². The van der Waals surface area contributed by atoms with Crippen molar-refractivity contribution in [2.24, 2.45) is 5.41 Å². The Morgan fingerprint density at radius 3 is 2.75 bits per heavy atom. The summed E-state index contributed by atoms with van der Waals surface area (Å²) in [5.74, 6) is 0.181. The fourth-order valence-electron chi connectivity index (χ4n) is 2.32. The van der Waals surface area contributed by atoms with Crippen LogP contribution in [0.1, 0.15) is 47.0 Å². The van der Waals surface area contributed by atoms with Crippen LogP contribution in [0.3, 0.4) is 0 Å². The standard InChI is InChI=1S/C15H22O/c1-5-8-12-10-7-11-15(3,4)14(12)13(16)9-6-2/h6-7,9-10H,5,8,11H2,1-4H3. The maximum Gasteiger partial charge on any atom is 0.182 e. The largest absolute Gasteiger partial charge is 0.290 e. The molecule has 0 saturated carbocycles. The predicted octanol–water partition coefficient (Wildman–Crippen LogP) is 4.21. The molecule has 0 atom stereocenters. The van der Waals surface area contributed by atoms with Gasteiger partial charge in [-0.2, -0.15) is 0 Å². The first-order chi connectivity index (χ1) is 7.53. The minimum Gasteiger partial charge on any atom is -0.290 e. The van der Waals surface area contributed by atoms with Gasteiger partial charge in [0.1, 0.15) is 0 Å². The van der Waals surface area contributed by atoms with Gasteiger partial charge in [0.25, 0.3) is 0 Å². The van der Waals surface area contributed by atoms with Gasteiger partial charge in [0.05, 0.1) is 0 Å². The number of hydrogen-bond acceptors (Lipinski definition) is 1. The highest BCUT2D eigenvalue weighted by atomic mass is 16.1. The molecule has 0 spiro atoms. The summed E-state index contributed by atoms with van der Waals surface area (Å²) < 4.78 is 0. The first-order valence-electron chi connectivity index (χ1n) is 6.10. The van der Waals surface area contributed by atoms with E-state index in [4.69, 9.17) is 0 Å². The zero-order valence-electron chi connectivity index (χ0n) is 10.8. The SMILES string of the molecule is CC=CC(=O)C1=C(CCC)C=CCC1(C)C. The lowest BCUT2D eigenvalue weighted by Gasteiger charge is -2.30. The summed E-state index contributed by atoms with van der Waals surface area (Å²) >= 11 is 0. The lowest BCUT2D eigenvalue weighted by Crippen LogP contribution is -2.23. The number of ketones is 1. The Kier molecular flexibility index (Phi) is 4.28. The molecule has 0 saturated heterocycles. The van der Waals surface area contributed by atoms with E-state index in [1.54, 1.807) is 6.08 Å². The average Bonchev–Trinajstić information content (AvgIpc) is 2.17. The van der Waals surface area contributed by atoms with Crippen LogP contribution < -0.4 is 0 Å². The summed E-state index contributed by atoms with van der Waals surface area (Å²) in [5, 5.41) is 0. The molecule has 1 aliphatic carbocycles. The molecule has 1 nitrogen and oxygen atoms in total. The maximum absolute atomic E-state index is 12.1. The predicted molar refractivity (Wildman–Crippen MR) is 69.3 cm³/mol. The molecule has 0 fully saturated rings. The van der Waals surface area contributed by atoms with Gasteiger partial charge in [-0.05, 0) is 36.8 Å². The molecule has 0 N–H and O–H groups in total. The van der Waals surface area contributed by atoms with E-state index in [9.17, 15) is 4.79 Å². The number of rotatable bonds is 4. The molecule has 0 aliphatic heterocycles. The summed E-state index contributed by atoms with van der Waals surface area (Å²) in [6.07, 6.45) is 10.9. The Hall–Kier alpha value is -1.11. The molecular formula is C15H22O. The van der Waals surface area contributed by atoms with Gasteiger partial charge in [-0.15, -0.1) is 0 Å². The van der Waals surface area contributed by atoms with Crippen molar-refractivity contribution < 1.29 is 4.79 Å². The van der Waals surface area contributed by atoms with Crippen molar-refractivity contribution in [3.05, 3.63) is 35.5 Å². The molecule has 0 aromatic rings. The van der Waals surface area contributed by atoms with E-state index in [0.29, 0.717) is 0 Å². The Bertz CT molecular complexity index is 354. The van der Waals surface area contributed by atoms with Crippen LogP contribution in [0.5, 0.6) is 0 Å². The minimum atomic E-state index is -0.0180. The Morgan fingerprint density at radius 2 is 2.19 bits per heavy atom. The summed E-state index contributed by atoms with van der Waals surface area (Å²) in [7, 11) is 0. The second-order valence-electron chi connectivity index (χ2n) is 5.00. The second kappa shape index (κ2) is 5.29. The fraction of sp³-hybridized carbons (Fsp3) is 0.533. The first kappa shape index (κ1) is 13.0. The van der Waals surface area contributed by atoms with Crippen molar-refractivity contribution in [3.63, 3.8) is 0 Å². The van der Waals surface area contributed by atoms with Crippen molar-refractivity contribution in [1.82, 2.24) is 0 Å². The third-order valence-electron chi connectivity index (χ3n) is 3.03. The Balaban J connectivity index is 3.18. The van der Waals surface area contributed by atoms with Gasteiger partial charge < -0.3 is 0 Å². The number of carbonyl (C=O) groups excluding carboxylic acids is 1. The molecule has 0 heterocycles. The van der Waals surface area contributed by atoms with E-state index in [0.717, 1.165) is 24.8 Å². The lowest BCUT2D eigenvalue weighted by atomic mass is 9.73. The molecule has 1 aliphatic rings. The van der Waals surface area contributed by atoms with Crippen molar-refractivity contribution in [3.8, 4) is 0 Å². The Labute approximate surface area is 98.9 Å². The zero-order chi connectivity index (χ0) is 12.2. The van der Waals surface area contributed by atoms with Gasteiger partial charge in [0.15, 0.2) is 5.78 Å². The molecule has 0 amide bonds. The quantitative estimate of drug-likeness (QED) is 0.646. The highest BCUT2D eigenvalue weighted by Gasteiger charge is 2.30. The summed E-state index contributed by atoms with van der Waals surface area (Å²) in [6.45, 7) is 8.36. The van der Waals surface area contributed by atoms with Crippen molar-refractivity contribution in [1.29, 1.82) is 0 Å². The third kappa shape index (κ3) is 2.72. The highest BCUT2D eigenvalue weighted by Crippen LogP contribution is 2.38. The van der Waals surface area contributed by atoms with Gasteiger partial charge in [0, 0.05) is 5.57 Å². The van der Waals surface area contributed by atoms with E-state index in [1.807, 2.05) is 13.0 Å². The van der Waals surface area contributed by atoms with Crippen molar-refractivity contribution in [2.75, 3.05) is 0 Å². The van der Waals surface area contributed by atoms with Crippen LogP contribution >= 0.6 is 0 Å². The van der Waals surface area contributed by atoms with Gasteiger partial charge in [-0.3, -0.25) is 4.79 Å². The topological polar surface area (TPSA) is 17.1 Å². The number of allylic oxidation sites excluding steroid dienone is 6. The monoisotopic (exact) mass is 218 g/mol. The molecule has 0 aromatic heterocycles. The molecule has 1 rings (SSSR count). The molecule has 16 heavy (non-hydrogen) atoms. The summed E-state index contributed by atoms with van der Waals surface area (Å²) in [6, 6.07) is 0. The van der Waals surface area contributed by atoms with Gasteiger partial charge >= 0.3 is 0 Å². The smallest absolute Gasteiger partial charge is 0.182 e. The van der Waals surface area contributed by atoms with Crippen LogP contribution in [0.15, 0.2) is 35.5 Å². The van der Waals surface area contributed by atoms with Crippen LogP contribution in [0.4, 0.5) is 0 Å². The zero-order valence-corrected chi connectivity index (χ0v) is 10.8. The molecule has 0 unspecified atom stereocenters. The van der Waals surface area contributed by atoms with E-state index >= 15 is 0 Å². The molecule has 88 valence electrons. The number of carbonyl (C=O) groups is 1. The highest BCUT2D eigenvalue weighted by molar-refractivity contribution is 6.06. The molecule has 1 heteroatoms. The van der Waals surface area contributed by atoms with Crippen LogP contribution in [0, 0.1) is 5.41 Å². The van der Waals surface area contributed by atoms with Crippen molar-refractivity contribution >= 4 is 5.78 Å². The van der Waals surface area contributed by atoms with Crippen molar-refractivity contribution in [2.45, 2.75) is 47.0 Å². The molecule has 0 radical (unpaired) electrons. The summed E-state index contributed by atoms with van der Waals surface area (Å²) in [4.78, 5) is 12.1. The lowest BCUT2D eigenvalue weighted by molar-refractivity contribution is -0.112. The molecular weight excluding hydrogens is 196 g/mol. The number of hydrogen-bond donors (Lipinski definition) is 0. The van der Waals surface area contributed by atoms with Crippen LogP contribution in [0.25, 0.3) is 0 Å². The minimum absolute atomic E-state index is 0.0180. The molecule has 0 bridgehead atoms. The van der Waals surface area contributed by atoms with Crippen LogP contribution in [-0.2, 0) is 4.79 Å². The third-order valence-corrected chi connectivity index (χ3v) is 3.03. The second-order valence-corrected chi connectivity index (χ2v) is 5.00.